The van der Waals surface area contributed by atoms with Gasteiger partial charge < -0.3 is 14.2 Å². The lowest BCUT2D eigenvalue weighted by Gasteiger charge is -2.06. The van der Waals surface area contributed by atoms with Crippen molar-refractivity contribution in [3.05, 3.63) is 36.7 Å². The van der Waals surface area contributed by atoms with Crippen molar-refractivity contribution in [2.45, 2.75) is 12.8 Å². The molecule has 0 unspecified atom stereocenters. The van der Waals surface area contributed by atoms with E-state index >= 15 is 0 Å². The molecule has 1 rings (SSSR count). The molecule has 1 aromatic heterocycles. The Hall–Kier alpha value is -2.37. The number of unbranched alkanes of at least 4 members (excludes halogenated alkanes) is 1. The molecule has 0 aliphatic carbocycles. The van der Waals surface area contributed by atoms with Crippen LogP contribution in [0.25, 0.3) is 0 Å². The molecule has 1 aromatic rings. The third-order valence-electron chi connectivity index (χ3n) is 2.35. The lowest BCUT2D eigenvalue weighted by molar-refractivity contribution is -0.137. The van der Waals surface area contributed by atoms with Crippen molar-refractivity contribution in [3.8, 4) is 5.75 Å². The summed E-state index contributed by atoms with van der Waals surface area (Å²) < 4.78 is 14.8. The van der Waals surface area contributed by atoms with Crippen molar-refractivity contribution < 1.29 is 23.8 Å². The molecule has 0 aliphatic rings. The minimum atomic E-state index is -0.486. The van der Waals surface area contributed by atoms with Gasteiger partial charge in [0.1, 0.15) is 11.4 Å². The summed E-state index contributed by atoms with van der Waals surface area (Å²) in [6.07, 6.45) is 4.03. The van der Waals surface area contributed by atoms with E-state index in [-0.39, 0.29) is 5.69 Å². The molecule has 6 nitrogen and oxygen atoms in total. The first kappa shape index (κ1) is 15.7. The Morgan fingerprint density at radius 3 is 2.65 bits per heavy atom. The summed E-state index contributed by atoms with van der Waals surface area (Å²) in [5.74, 6) is -0.338. The normalized spacial score (nSPS) is 9.65. The number of hydrogen-bond acceptors (Lipinski definition) is 6. The van der Waals surface area contributed by atoms with Crippen molar-refractivity contribution in [1.82, 2.24) is 4.98 Å². The van der Waals surface area contributed by atoms with Crippen LogP contribution in [0.2, 0.25) is 0 Å². The second-order valence-electron chi connectivity index (χ2n) is 3.80. The maximum atomic E-state index is 11.2. The molecule has 0 spiro atoms. The lowest BCUT2D eigenvalue weighted by Crippen LogP contribution is -2.06. The van der Waals surface area contributed by atoms with Crippen LogP contribution in [0.1, 0.15) is 23.3 Å². The molecular formula is C14H17NO5. The topological polar surface area (TPSA) is 74.7 Å². The van der Waals surface area contributed by atoms with Gasteiger partial charge in [0.05, 0.1) is 26.5 Å². The Morgan fingerprint density at radius 1 is 1.30 bits per heavy atom. The highest BCUT2D eigenvalue weighted by atomic mass is 16.5. The average Bonchev–Trinajstić information content (AvgIpc) is 2.50. The van der Waals surface area contributed by atoms with E-state index in [0.717, 1.165) is 12.5 Å². The summed E-state index contributed by atoms with van der Waals surface area (Å²) in [7, 11) is 1.30. The van der Waals surface area contributed by atoms with Gasteiger partial charge in [-0.3, -0.25) is 0 Å². The van der Waals surface area contributed by atoms with E-state index in [4.69, 9.17) is 9.47 Å². The highest BCUT2D eigenvalue weighted by Crippen LogP contribution is 2.10. The molecule has 0 saturated carbocycles. The average molecular weight is 279 g/mol. The van der Waals surface area contributed by atoms with Gasteiger partial charge in [0, 0.05) is 6.08 Å². The van der Waals surface area contributed by atoms with E-state index in [9.17, 15) is 9.59 Å². The van der Waals surface area contributed by atoms with Gasteiger partial charge in [-0.05, 0) is 25.0 Å². The first-order valence-electron chi connectivity index (χ1n) is 6.13. The zero-order valence-electron chi connectivity index (χ0n) is 11.3. The number of methoxy groups -OCH3 is 1. The van der Waals surface area contributed by atoms with Crippen molar-refractivity contribution in [2.75, 3.05) is 20.3 Å². The largest absolute Gasteiger partial charge is 0.492 e. The molecule has 0 amide bonds. The van der Waals surface area contributed by atoms with Crippen molar-refractivity contribution >= 4 is 11.9 Å². The Labute approximate surface area is 117 Å². The Kier molecular flexibility index (Phi) is 6.81. The predicted octanol–water partition coefficient (Wildman–Crippen LogP) is 1.76. The zero-order chi connectivity index (χ0) is 14.8. The quantitative estimate of drug-likeness (QED) is 0.410. The molecule has 0 N–H and O–H groups in total. The third kappa shape index (κ3) is 5.51. The van der Waals surface area contributed by atoms with E-state index in [2.05, 4.69) is 16.3 Å². The lowest BCUT2D eigenvalue weighted by atomic mass is 10.3. The number of esters is 2. The molecule has 0 bridgehead atoms. The van der Waals surface area contributed by atoms with Gasteiger partial charge in [0.15, 0.2) is 0 Å². The highest BCUT2D eigenvalue weighted by Gasteiger charge is 2.06. The number of hydrogen-bond donors (Lipinski definition) is 0. The summed E-state index contributed by atoms with van der Waals surface area (Å²) in [4.78, 5) is 25.8. The van der Waals surface area contributed by atoms with Crippen LogP contribution in [0, 0.1) is 0 Å². The minimum absolute atomic E-state index is 0.233. The van der Waals surface area contributed by atoms with Gasteiger partial charge in [-0.25, -0.2) is 14.6 Å². The number of pyridine rings is 1. The van der Waals surface area contributed by atoms with Crippen LogP contribution < -0.4 is 4.74 Å². The number of aromatic nitrogens is 1. The molecule has 1 heterocycles. The molecule has 0 aromatic carbocycles. The summed E-state index contributed by atoms with van der Waals surface area (Å²) in [6, 6.07) is 3.18. The fourth-order valence-corrected chi connectivity index (χ4v) is 1.32. The van der Waals surface area contributed by atoms with Crippen LogP contribution in [0.3, 0.4) is 0 Å². The third-order valence-corrected chi connectivity index (χ3v) is 2.35. The highest BCUT2D eigenvalue weighted by molar-refractivity contribution is 5.87. The monoisotopic (exact) mass is 279 g/mol. The predicted molar refractivity (Wildman–Crippen MR) is 71.5 cm³/mol. The first-order valence-corrected chi connectivity index (χ1v) is 6.13. The minimum Gasteiger partial charge on any atom is -0.492 e. The van der Waals surface area contributed by atoms with E-state index in [0.29, 0.717) is 25.4 Å². The summed E-state index contributed by atoms with van der Waals surface area (Å²) in [5.41, 5.74) is 0.233. The van der Waals surface area contributed by atoms with Crippen LogP contribution in [-0.2, 0) is 14.3 Å². The van der Waals surface area contributed by atoms with E-state index in [1.807, 2.05) is 0 Å². The van der Waals surface area contributed by atoms with Crippen LogP contribution in [0.5, 0.6) is 5.75 Å². The number of carbonyl (C=O) groups is 2. The van der Waals surface area contributed by atoms with Gasteiger partial charge >= 0.3 is 11.9 Å². The standard InChI is InChI=1S/C14H17NO5/c1-3-13(16)20-9-5-4-8-19-11-6-7-12(15-10-11)14(17)18-2/h3,6-7,10H,1,4-5,8-9H2,2H3. The van der Waals surface area contributed by atoms with Crippen molar-refractivity contribution in [3.63, 3.8) is 0 Å². The van der Waals surface area contributed by atoms with E-state index in [1.165, 1.54) is 19.4 Å². The molecule has 6 heteroatoms. The van der Waals surface area contributed by atoms with Crippen LogP contribution >= 0.6 is 0 Å². The van der Waals surface area contributed by atoms with Crippen LogP contribution in [-0.4, -0.2) is 37.2 Å². The van der Waals surface area contributed by atoms with Crippen LogP contribution in [0.4, 0.5) is 0 Å². The maximum Gasteiger partial charge on any atom is 0.356 e. The summed E-state index contributed by atoms with van der Waals surface area (Å²) >= 11 is 0. The fourth-order valence-electron chi connectivity index (χ4n) is 1.32. The van der Waals surface area contributed by atoms with Crippen molar-refractivity contribution in [2.24, 2.45) is 0 Å². The molecule has 0 saturated heterocycles. The molecule has 0 aliphatic heterocycles. The van der Waals surface area contributed by atoms with E-state index in [1.54, 1.807) is 6.07 Å². The van der Waals surface area contributed by atoms with Gasteiger partial charge in [0.2, 0.25) is 0 Å². The fraction of sp³-hybridized carbons (Fsp3) is 0.357. The SMILES string of the molecule is C=CC(=O)OCCCCOc1ccc(C(=O)OC)nc1. The zero-order valence-corrected chi connectivity index (χ0v) is 11.3. The molecule has 20 heavy (non-hydrogen) atoms. The molecular weight excluding hydrogens is 262 g/mol. The number of carbonyl (C=O) groups excluding carboxylic acids is 2. The number of nitrogens with zero attached hydrogens (tertiary/aromatic N) is 1. The Bertz CT molecular complexity index is 455. The number of rotatable bonds is 8. The first-order chi connectivity index (χ1) is 9.67. The Morgan fingerprint density at radius 2 is 2.05 bits per heavy atom. The number of ether oxygens (including phenoxy) is 3. The van der Waals surface area contributed by atoms with E-state index < -0.39 is 11.9 Å². The van der Waals surface area contributed by atoms with Gasteiger partial charge in [-0.2, -0.15) is 0 Å². The van der Waals surface area contributed by atoms with Gasteiger partial charge in [0.25, 0.3) is 0 Å². The molecule has 0 radical (unpaired) electrons. The molecule has 0 fully saturated rings. The smallest absolute Gasteiger partial charge is 0.356 e. The summed E-state index contributed by atoms with van der Waals surface area (Å²) in [6.45, 7) is 4.12. The maximum absolute atomic E-state index is 11.2. The second kappa shape index (κ2) is 8.68. The van der Waals surface area contributed by atoms with Gasteiger partial charge in [-0.1, -0.05) is 6.58 Å². The second-order valence-corrected chi connectivity index (χ2v) is 3.80. The van der Waals surface area contributed by atoms with Gasteiger partial charge in [-0.15, -0.1) is 0 Å². The van der Waals surface area contributed by atoms with Crippen molar-refractivity contribution in [1.29, 1.82) is 0 Å². The Balaban J connectivity index is 2.20. The molecule has 0 atom stereocenters. The summed E-state index contributed by atoms with van der Waals surface area (Å²) in [5, 5.41) is 0. The molecule has 108 valence electrons. The van der Waals surface area contributed by atoms with Crippen LogP contribution in [0.15, 0.2) is 31.0 Å².